The van der Waals surface area contributed by atoms with Crippen LogP contribution in [0.3, 0.4) is 0 Å². The summed E-state index contributed by atoms with van der Waals surface area (Å²) >= 11 is 3.88. The average Bonchev–Trinajstić information content (AvgIpc) is 3.01. The molecule has 3 heterocycles. The number of ether oxygens (including phenoxy) is 1. The van der Waals surface area contributed by atoms with Crippen molar-refractivity contribution in [1.29, 1.82) is 0 Å². The molecule has 2 aliphatic heterocycles. The van der Waals surface area contributed by atoms with Crippen LogP contribution in [0, 0.1) is 6.92 Å². The lowest BCUT2D eigenvalue weighted by atomic mass is 9.93. The Hall–Kier alpha value is -0.240. The Balaban J connectivity index is 1.68. The maximum atomic E-state index is 6.08. The Morgan fingerprint density at radius 2 is 2.45 bits per heavy atom. The molecule has 2 saturated heterocycles. The van der Waals surface area contributed by atoms with E-state index in [1.807, 2.05) is 30.4 Å². The Morgan fingerprint density at radius 3 is 3.20 bits per heavy atom. The number of rotatable bonds is 4. The minimum Gasteiger partial charge on any atom is -0.374 e. The molecule has 20 heavy (non-hydrogen) atoms. The number of hydrogen-bond donors (Lipinski definition) is 1. The van der Waals surface area contributed by atoms with Crippen molar-refractivity contribution in [3.63, 3.8) is 0 Å². The molecule has 2 aliphatic rings. The van der Waals surface area contributed by atoms with Gasteiger partial charge in [0.05, 0.1) is 5.60 Å². The SMILES string of the molecule is Cc1nnc(SC2CCOC3(CCSC3)C2)n1CCN. The second-order valence-corrected chi connectivity index (χ2v) is 7.91. The smallest absolute Gasteiger partial charge is 0.191 e. The minimum absolute atomic E-state index is 0.133. The van der Waals surface area contributed by atoms with Gasteiger partial charge in [0.1, 0.15) is 5.82 Å². The van der Waals surface area contributed by atoms with Crippen LogP contribution >= 0.6 is 23.5 Å². The standard InChI is InChI=1S/C13H22N4OS2/c1-10-15-16-12(17(10)5-4-14)20-11-2-6-18-13(8-11)3-7-19-9-13/h11H,2-9,14H2,1H3. The van der Waals surface area contributed by atoms with Crippen molar-refractivity contribution in [2.24, 2.45) is 5.73 Å². The van der Waals surface area contributed by atoms with Gasteiger partial charge in [0.25, 0.3) is 0 Å². The number of nitrogens with zero attached hydrogens (tertiary/aromatic N) is 3. The van der Waals surface area contributed by atoms with Gasteiger partial charge >= 0.3 is 0 Å². The van der Waals surface area contributed by atoms with Gasteiger partial charge < -0.3 is 15.0 Å². The summed E-state index contributed by atoms with van der Waals surface area (Å²) < 4.78 is 8.22. The van der Waals surface area contributed by atoms with E-state index in [0.29, 0.717) is 11.8 Å². The molecule has 1 aromatic heterocycles. The van der Waals surface area contributed by atoms with Crippen LogP contribution in [0.2, 0.25) is 0 Å². The molecule has 0 aromatic carbocycles. The van der Waals surface area contributed by atoms with Gasteiger partial charge in [0.2, 0.25) is 0 Å². The molecule has 0 saturated carbocycles. The number of nitrogens with two attached hydrogens (primary N) is 1. The first-order chi connectivity index (χ1) is 9.72. The van der Waals surface area contributed by atoms with Gasteiger partial charge in [0.15, 0.2) is 5.16 Å². The maximum Gasteiger partial charge on any atom is 0.191 e. The lowest BCUT2D eigenvalue weighted by Crippen LogP contribution is -2.41. The van der Waals surface area contributed by atoms with Crippen LogP contribution in [0.5, 0.6) is 0 Å². The first-order valence-corrected chi connectivity index (χ1v) is 9.24. The molecule has 2 N–H and O–H groups in total. The quantitative estimate of drug-likeness (QED) is 0.912. The van der Waals surface area contributed by atoms with Crippen molar-refractivity contribution in [2.45, 2.75) is 48.7 Å². The Morgan fingerprint density at radius 1 is 1.55 bits per heavy atom. The summed E-state index contributed by atoms with van der Waals surface area (Å²) in [7, 11) is 0. The summed E-state index contributed by atoms with van der Waals surface area (Å²) in [5.74, 6) is 3.34. The zero-order chi connectivity index (χ0) is 14.0. The topological polar surface area (TPSA) is 66.0 Å². The van der Waals surface area contributed by atoms with Crippen molar-refractivity contribution in [3.05, 3.63) is 5.82 Å². The molecule has 0 radical (unpaired) electrons. The van der Waals surface area contributed by atoms with Gasteiger partial charge in [-0.05, 0) is 31.9 Å². The van der Waals surface area contributed by atoms with E-state index in [0.717, 1.165) is 42.7 Å². The Labute approximate surface area is 128 Å². The van der Waals surface area contributed by atoms with Crippen molar-refractivity contribution < 1.29 is 4.74 Å². The van der Waals surface area contributed by atoms with Crippen LogP contribution in [-0.4, -0.2) is 50.3 Å². The van der Waals surface area contributed by atoms with E-state index in [1.165, 1.54) is 12.2 Å². The highest BCUT2D eigenvalue weighted by atomic mass is 32.2. The predicted molar refractivity (Wildman–Crippen MR) is 83.3 cm³/mol. The van der Waals surface area contributed by atoms with Crippen LogP contribution in [0.25, 0.3) is 0 Å². The van der Waals surface area contributed by atoms with E-state index in [9.17, 15) is 0 Å². The molecular weight excluding hydrogens is 292 g/mol. The summed E-state index contributed by atoms with van der Waals surface area (Å²) in [5, 5.41) is 10.1. The summed E-state index contributed by atoms with van der Waals surface area (Å²) in [4.78, 5) is 0. The third-order valence-electron chi connectivity index (χ3n) is 4.04. The molecule has 2 atom stereocenters. The van der Waals surface area contributed by atoms with E-state index in [-0.39, 0.29) is 5.60 Å². The van der Waals surface area contributed by atoms with E-state index >= 15 is 0 Å². The second-order valence-electron chi connectivity index (χ2n) is 5.54. The minimum atomic E-state index is 0.133. The van der Waals surface area contributed by atoms with Gasteiger partial charge in [0, 0.05) is 30.7 Å². The van der Waals surface area contributed by atoms with Gasteiger partial charge in [-0.15, -0.1) is 10.2 Å². The maximum absolute atomic E-state index is 6.08. The normalized spacial score (nSPS) is 30.2. The van der Waals surface area contributed by atoms with Crippen molar-refractivity contribution in [1.82, 2.24) is 14.8 Å². The molecule has 3 rings (SSSR count). The summed E-state index contributed by atoms with van der Waals surface area (Å²) in [6, 6.07) is 0. The van der Waals surface area contributed by atoms with E-state index < -0.39 is 0 Å². The highest BCUT2D eigenvalue weighted by Gasteiger charge is 2.41. The van der Waals surface area contributed by atoms with Gasteiger partial charge in [-0.1, -0.05) is 11.8 Å². The molecule has 0 amide bonds. The fourth-order valence-corrected chi connectivity index (χ4v) is 5.65. The first-order valence-electron chi connectivity index (χ1n) is 7.21. The Kier molecular flexibility index (Phi) is 4.59. The highest BCUT2D eigenvalue weighted by Crippen LogP contribution is 2.42. The lowest BCUT2D eigenvalue weighted by Gasteiger charge is -2.37. The Bertz CT molecular complexity index is 459. The fraction of sp³-hybridized carbons (Fsp3) is 0.846. The summed E-state index contributed by atoms with van der Waals surface area (Å²) in [6.07, 6.45) is 3.44. The van der Waals surface area contributed by atoms with E-state index in [4.69, 9.17) is 10.5 Å². The van der Waals surface area contributed by atoms with Gasteiger partial charge in [-0.3, -0.25) is 0 Å². The van der Waals surface area contributed by atoms with Gasteiger partial charge in [-0.2, -0.15) is 11.8 Å². The van der Waals surface area contributed by atoms with Gasteiger partial charge in [-0.25, -0.2) is 0 Å². The molecule has 5 nitrogen and oxygen atoms in total. The van der Waals surface area contributed by atoms with Crippen LogP contribution in [0.15, 0.2) is 5.16 Å². The highest BCUT2D eigenvalue weighted by molar-refractivity contribution is 8.00. The number of thioether (sulfide) groups is 2. The summed E-state index contributed by atoms with van der Waals surface area (Å²) in [5.41, 5.74) is 5.81. The van der Waals surface area contributed by atoms with E-state index in [2.05, 4.69) is 14.8 Å². The lowest BCUT2D eigenvalue weighted by molar-refractivity contribution is -0.0562. The third kappa shape index (κ3) is 3.00. The predicted octanol–water partition coefficient (Wildman–Crippen LogP) is 1.69. The third-order valence-corrected chi connectivity index (χ3v) is 6.51. The van der Waals surface area contributed by atoms with Crippen LogP contribution in [0.4, 0.5) is 0 Å². The number of aryl methyl sites for hydroxylation is 1. The van der Waals surface area contributed by atoms with Crippen molar-refractivity contribution >= 4 is 23.5 Å². The summed E-state index contributed by atoms with van der Waals surface area (Å²) in [6.45, 7) is 4.29. The van der Waals surface area contributed by atoms with Crippen LogP contribution < -0.4 is 5.73 Å². The largest absolute Gasteiger partial charge is 0.374 e. The first kappa shape index (κ1) is 14.7. The molecule has 1 spiro atoms. The molecule has 112 valence electrons. The average molecular weight is 314 g/mol. The molecule has 0 aliphatic carbocycles. The molecule has 2 unspecified atom stereocenters. The molecule has 1 aromatic rings. The molecule has 7 heteroatoms. The van der Waals surface area contributed by atoms with Crippen molar-refractivity contribution in [3.8, 4) is 0 Å². The molecule has 2 fully saturated rings. The monoisotopic (exact) mass is 314 g/mol. The van der Waals surface area contributed by atoms with Crippen LogP contribution in [-0.2, 0) is 11.3 Å². The zero-order valence-corrected chi connectivity index (χ0v) is 13.5. The van der Waals surface area contributed by atoms with E-state index in [1.54, 1.807) is 0 Å². The second kappa shape index (κ2) is 6.25. The fourth-order valence-electron chi connectivity index (χ4n) is 2.93. The number of aromatic nitrogens is 3. The molecule has 0 bridgehead atoms. The zero-order valence-electron chi connectivity index (χ0n) is 11.9. The number of hydrogen-bond acceptors (Lipinski definition) is 6. The molecular formula is C13H22N4OS2. The van der Waals surface area contributed by atoms with Crippen LogP contribution in [0.1, 0.15) is 25.1 Å². The van der Waals surface area contributed by atoms with Crippen molar-refractivity contribution in [2.75, 3.05) is 24.7 Å².